The molecule has 0 aromatic heterocycles. The Bertz CT molecular complexity index is 172. The average Bonchev–Trinajstić information content (AvgIpc) is 1.89. The first-order valence-electron chi connectivity index (χ1n) is 2.80. The first kappa shape index (κ1) is 8.84. The summed E-state index contributed by atoms with van der Waals surface area (Å²) in [4.78, 5) is 9.53. The molecule has 0 heterocycles. The van der Waals surface area contributed by atoms with Crippen molar-refractivity contribution in [3.8, 4) is 0 Å². The summed E-state index contributed by atoms with van der Waals surface area (Å²) in [6.45, 7) is 1.39. The second-order valence-electron chi connectivity index (χ2n) is 1.56. The molecule has 4 heteroatoms. The number of hydrogen-bond acceptors (Lipinski definition) is 3. The number of aliphatic hydroxyl groups excluding tert-OH is 1. The maximum Gasteiger partial charge on any atom is 0.264 e. The smallest absolute Gasteiger partial charge is 0.264 e. The third kappa shape index (κ3) is 2.99. The molecule has 0 bridgehead atoms. The number of rotatable bonds is 3. The molecule has 0 atom stereocenters. The zero-order valence-electron chi connectivity index (χ0n) is 5.65. The van der Waals surface area contributed by atoms with Crippen LogP contribution in [0, 0.1) is 10.1 Å². The highest BCUT2D eigenvalue weighted by molar-refractivity contribution is 5.09. The highest BCUT2D eigenvalue weighted by Gasteiger charge is 2.00. The zero-order chi connectivity index (χ0) is 7.98. The molecule has 0 rings (SSSR count). The lowest BCUT2D eigenvalue weighted by Gasteiger charge is -1.86. The highest BCUT2D eigenvalue weighted by Crippen LogP contribution is 1.95. The van der Waals surface area contributed by atoms with E-state index < -0.39 is 4.92 Å². The quantitative estimate of drug-likeness (QED) is 0.359. The van der Waals surface area contributed by atoms with E-state index in [1.54, 1.807) is 6.92 Å². The van der Waals surface area contributed by atoms with Gasteiger partial charge in [0, 0.05) is 6.08 Å². The van der Waals surface area contributed by atoms with E-state index in [4.69, 9.17) is 5.11 Å². The van der Waals surface area contributed by atoms with Gasteiger partial charge in [-0.25, -0.2) is 0 Å². The van der Waals surface area contributed by atoms with Crippen molar-refractivity contribution in [1.82, 2.24) is 0 Å². The summed E-state index contributed by atoms with van der Waals surface area (Å²) >= 11 is 0. The minimum absolute atomic E-state index is 0.00551. The molecule has 56 valence electrons. The molecule has 0 spiro atoms. The molecular formula is C6H9NO3. The zero-order valence-corrected chi connectivity index (χ0v) is 5.65. The molecule has 0 fully saturated rings. The molecule has 0 unspecified atom stereocenters. The molecule has 0 saturated carbocycles. The van der Waals surface area contributed by atoms with Crippen LogP contribution in [0.25, 0.3) is 0 Å². The van der Waals surface area contributed by atoms with Gasteiger partial charge in [-0.05, 0) is 13.0 Å². The van der Waals surface area contributed by atoms with E-state index in [9.17, 15) is 10.1 Å². The van der Waals surface area contributed by atoms with E-state index in [1.165, 1.54) is 18.2 Å². The largest absolute Gasteiger partial charge is 0.392 e. The predicted molar refractivity (Wildman–Crippen MR) is 37.0 cm³/mol. The van der Waals surface area contributed by atoms with Gasteiger partial charge in [-0.3, -0.25) is 10.1 Å². The fraction of sp³-hybridized carbons (Fsp3) is 0.333. The first-order chi connectivity index (χ1) is 4.72. The van der Waals surface area contributed by atoms with Crippen LogP contribution in [-0.2, 0) is 0 Å². The molecule has 0 aliphatic carbocycles. The van der Waals surface area contributed by atoms with E-state index in [1.807, 2.05) is 0 Å². The summed E-state index contributed by atoms with van der Waals surface area (Å²) < 4.78 is 0. The van der Waals surface area contributed by atoms with Crippen LogP contribution in [0.5, 0.6) is 0 Å². The monoisotopic (exact) mass is 143 g/mol. The molecule has 0 aromatic carbocycles. The Labute approximate surface area is 58.6 Å². The van der Waals surface area contributed by atoms with Crippen LogP contribution in [0.3, 0.4) is 0 Å². The van der Waals surface area contributed by atoms with Crippen LogP contribution >= 0.6 is 0 Å². The normalized spacial score (nSPS) is 12.4. The molecule has 1 N–H and O–H groups in total. The van der Waals surface area contributed by atoms with E-state index in [-0.39, 0.29) is 12.3 Å². The summed E-state index contributed by atoms with van der Waals surface area (Å²) in [5.74, 6) is 0. The molecular weight excluding hydrogens is 134 g/mol. The van der Waals surface area contributed by atoms with Crippen LogP contribution in [-0.4, -0.2) is 16.6 Å². The lowest BCUT2D eigenvalue weighted by atomic mass is 10.4. The van der Waals surface area contributed by atoms with Crippen molar-refractivity contribution >= 4 is 0 Å². The maximum absolute atomic E-state index is 10.0. The van der Waals surface area contributed by atoms with Gasteiger partial charge in [-0.2, -0.15) is 0 Å². The van der Waals surface area contributed by atoms with E-state index >= 15 is 0 Å². The van der Waals surface area contributed by atoms with Crippen LogP contribution < -0.4 is 0 Å². The Morgan fingerprint density at radius 2 is 2.40 bits per heavy atom. The lowest BCUT2D eigenvalue weighted by molar-refractivity contribution is -0.419. The Morgan fingerprint density at radius 3 is 2.70 bits per heavy atom. The molecule has 4 nitrogen and oxygen atoms in total. The van der Waals surface area contributed by atoms with Gasteiger partial charge in [0.1, 0.15) is 0 Å². The van der Waals surface area contributed by atoms with Gasteiger partial charge in [-0.1, -0.05) is 6.08 Å². The predicted octanol–water partition coefficient (Wildman–Crippen LogP) is 0.715. The topological polar surface area (TPSA) is 63.4 Å². The van der Waals surface area contributed by atoms with Gasteiger partial charge < -0.3 is 5.11 Å². The van der Waals surface area contributed by atoms with Gasteiger partial charge in [-0.15, -0.1) is 0 Å². The number of nitro groups is 1. The van der Waals surface area contributed by atoms with Crippen molar-refractivity contribution in [1.29, 1.82) is 0 Å². The van der Waals surface area contributed by atoms with Crippen LogP contribution in [0.4, 0.5) is 0 Å². The molecule has 0 saturated heterocycles. The molecule has 0 radical (unpaired) electrons. The lowest BCUT2D eigenvalue weighted by Crippen LogP contribution is -1.94. The molecule has 10 heavy (non-hydrogen) atoms. The third-order valence-electron chi connectivity index (χ3n) is 0.901. The van der Waals surface area contributed by atoms with Crippen molar-refractivity contribution in [2.45, 2.75) is 6.92 Å². The SMILES string of the molecule is C/C=C(\C=C/CO)[N+](=O)[O-]. The molecule has 0 aromatic rings. The van der Waals surface area contributed by atoms with Gasteiger partial charge in [0.25, 0.3) is 5.70 Å². The Morgan fingerprint density at radius 1 is 1.80 bits per heavy atom. The fourth-order valence-corrected chi connectivity index (χ4v) is 0.436. The van der Waals surface area contributed by atoms with Gasteiger partial charge in [0.2, 0.25) is 0 Å². The standard InChI is InChI=1S/C6H9NO3/c1-2-6(7(9)10)4-3-5-8/h2-4,8H,5H2,1H3/b4-3-,6-2+. The maximum atomic E-state index is 10.0. The van der Waals surface area contributed by atoms with E-state index in [0.29, 0.717) is 0 Å². The van der Waals surface area contributed by atoms with Crippen LogP contribution in [0.15, 0.2) is 23.9 Å². The van der Waals surface area contributed by atoms with Crippen molar-refractivity contribution in [3.63, 3.8) is 0 Å². The van der Waals surface area contributed by atoms with Crippen molar-refractivity contribution in [3.05, 3.63) is 34.0 Å². The Hall–Kier alpha value is -1.16. The van der Waals surface area contributed by atoms with E-state index in [2.05, 4.69) is 0 Å². The van der Waals surface area contributed by atoms with Gasteiger partial charge in [0.05, 0.1) is 11.5 Å². The number of nitrogens with zero attached hydrogens (tertiary/aromatic N) is 1. The van der Waals surface area contributed by atoms with Crippen molar-refractivity contribution in [2.24, 2.45) is 0 Å². The minimum Gasteiger partial charge on any atom is -0.392 e. The van der Waals surface area contributed by atoms with Crippen molar-refractivity contribution in [2.75, 3.05) is 6.61 Å². The van der Waals surface area contributed by atoms with Gasteiger partial charge >= 0.3 is 0 Å². The van der Waals surface area contributed by atoms with Crippen LogP contribution in [0.2, 0.25) is 0 Å². The van der Waals surface area contributed by atoms with E-state index in [0.717, 1.165) is 0 Å². The first-order valence-corrected chi connectivity index (χ1v) is 2.80. The minimum atomic E-state index is -0.508. The summed E-state index contributed by atoms with van der Waals surface area (Å²) in [6.07, 6.45) is 3.95. The number of aliphatic hydroxyl groups is 1. The average molecular weight is 143 g/mol. The summed E-state index contributed by atoms with van der Waals surface area (Å²) in [5, 5.41) is 18.3. The molecule has 0 aliphatic heterocycles. The van der Waals surface area contributed by atoms with Gasteiger partial charge in [0.15, 0.2) is 0 Å². The van der Waals surface area contributed by atoms with Crippen LogP contribution in [0.1, 0.15) is 6.92 Å². The highest BCUT2D eigenvalue weighted by atomic mass is 16.6. The second-order valence-corrected chi connectivity index (χ2v) is 1.56. The summed E-state index contributed by atoms with van der Waals surface area (Å²) in [7, 11) is 0. The number of allylic oxidation sites excluding steroid dienone is 2. The Kier molecular flexibility index (Phi) is 4.15. The Balaban J connectivity index is 4.12. The fourth-order valence-electron chi connectivity index (χ4n) is 0.436. The second kappa shape index (κ2) is 4.69. The number of hydrogen-bond donors (Lipinski definition) is 1. The summed E-state index contributed by atoms with van der Waals surface area (Å²) in [6, 6.07) is 0. The molecule has 0 aliphatic rings. The van der Waals surface area contributed by atoms with Crippen molar-refractivity contribution < 1.29 is 10.0 Å². The third-order valence-corrected chi connectivity index (χ3v) is 0.901. The molecule has 0 amide bonds. The summed E-state index contributed by atoms with van der Waals surface area (Å²) in [5.41, 5.74) is -0.00551.